The highest BCUT2D eigenvalue weighted by Crippen LogP contribution is 2.10. The van der Waals surface area contributed by atoms with E-state index >= 15 is 0 Å². The first-order valence-electron chi connectivity index (χ1n) is 4.61. The minimum absolute atomic E-state index is 0.627. The number of aromatic nitrogens is 1. The summed E-state index contributed by atoms with van der Waals surface area (Å²) >= 11 is 3.60. The summed E-state index contributed by atoms with van der Waals surface area (Å²) in [4.78, 5) is 4.58. The molecule has 0 spiro atoms. The Labute approximate surface area is 87.9 Å². The van der Waals surface area contributed by atoms with Gasteiger partial charge in [0.25, 0.3) is 0 Å². The Hall–Kier alpha value is -0.570. The molecule has 1 unspecified atom stereocenters. The number of nitrogens with one attached hydrogen (secondary N) is 1. The van der Waals surface area contributed by atoms with Crippen molar-refractivity contribution in [3.8, 4) is 0 Å². The summed E-state index contributed by atoms with van der Waals surface area (Å²) in [5.41, 5.74) is 1.14. The van der Waals surface area contributed by atoms with Crippen LogP contribution >= 0.6 is 15.9 Å². The highest BCUT2D eigenvalue weighted by Gasteiger charge is 1.99. The zero-order valence-electron chi connectivity index (χ0n) is 7.83. The van der Waals surface area contributed by atoms with E-state index in [1.54, 1.807) is 12.4 Å². The number of nitrogens with zero attached hydrogens (tertiary/aromatic N) is 1. The molecule has 1 N–H and O–H groups in total. The van der Waals surface area contributed by atoms with E-state index in [1.807, 2.05) is 12.1 Å². The van der Waals surface area contributed by atoms with Crippen LogP contribution in [0, 0.1) is 0 Å². The van der Waals surface area contributed by atoms with Gasteiger partial charge in [-0.25, -0.2) is 0 Å². The Morgan fingerprint density at radius 1 is 1.46 bits per heavy atom. The summed E-state index contributed by atoms with van der Waals surface area (Å²) in [5.74, 6) is 0. The SMILES string of the molecule is CCC(Br)CCNc1ccncc1. The molecule has 0 saturated carbocycles. The fourth-order valence-electron chi connectivity index (χ4n) is 1.05. The third kappa shape index (κ3) is 4.27. The van der Waals surface area contributed by atoms with Crippen LogP contribution in [0.4, 0.5) is 5.69 Å². The number of rotatable bonds is 5. The van der Waals surface area contributed by atoms with E-state index in [-0.39, 0.29) is 0 Å². The minimum Gasteiger partial charge on any atom is -0.385 e. The normalized spacial score (nSPS) is 12.5. The van der Waals surface area contributed by atoms with E-state index in [1.165, 1.54) is 6.42 Å². The molecule has 0 amide bonds. The van der Waals surface area contributed by atoms with Crippen molar-refractivity contribution in [1.29, 1.82) is 0 Å². The number of anilines is 1. The van der Waals surface area contributed by atoms with Gasteiger partial charge in [-0.15, -0.1) is 0 Å². The second kappa shape index (κ2) is 5.97. The molecule has 72 valence electrons. The molecule has 0 aromatic carbocycles. The predicted octanol–water partition coefficient (Wildman–Crippen LogP) is 3.06. The second-order valence-electron chi connectivity index (χ2n) is 2.96. The summed E-state index contributed by atoms with van der Waals surface area (Å²) in [5, 5.41) is 3.34. The molecule has 1 aromatic rings. The van der Waals surface area contributed by atoms with E-state index in [9.17, 15) is 0 Å². The number of alkyl halides is 1. The predicted molar refractivity (Wildman–Crippen MR) is 60.3 cm³/mol. The highest BCUT2D eigenvalue weighted by atomic mass is 79.9. The first kappa shape index (κ1) is 10.5. The summed E-state index contributed by atoms with van der Waals surface area (Å²) < 4.78 is 0. The summed E-state index contributed by atoms with van der Waals surface area (Å²) in [6.07, 6.45) is 5.93. The molecular formula is C10H15BrN2. The number of hydrogen-bond donors (Lipinski definition) is 1. The molecular weight excluding hydrogens is 228 g/mol. The van der Waals surface area contributed by atoms with Crippen molar-refractivity contribution < 1.29 is 0 Å². The maximum absolute atomic E-state index is 3.96. The minimum atomic E-state index is 0.627. The average Bonchev–Trinajstić information content (AvgIpc) is 2.19. The van der Waals surface area contributed by atoms with Crippen LogP contribution in [-0.2, 0) is 0 Å². The zero-order chi connectivity index (χ0) is 9.52. The molecule has 2 nitrogen and oxygen atoms in total. The molecule has 0 radical (unpaired) electrons. The smallest absolute Gasteiger partial charge is 0.0371 e. The monoisotopic (exact) mass is 242 g/mol. The third-order valence-electron chi connectivity index (χ3n) is 1.91. The van der Waals surface area contributed by atoms with Crippen LogP contribution in [0.2, 0.25) is 0 Å². The lowest BCUT2D eigenvalue weighted by atomic mass is 10.2. The van der Waals surface area contributed by atoms with Gasteiger partial charge in [-0.2, -0.15) is 0 Å². The molecule has 13 heavy (non-hydrogen) atoms. The van der Waals surface area contributed by atoms with Gasteiger partial charge in [-0.3, -0.25) is 4.98 Å². The molecule has 3 heteroatoms. The molecule has 0 aliphatic carbocycles. The first-order chi connectivity index (χ1) is 6.33. The van der Waals surface area contributed by atoms with Gasteiger partial charge in [-0.05, 0) is 25.0 Å². The van der Waals surface area contributed by atoms with E-state index in [0.717, 1.165) is 18.7 Å². The van der Waals surface area contributed by atoms with E-state index in [0.29, 0.717) is 4.83 Å². The van der Waals surface area contributed by atoms with Crippen molar-refractivity contribution in [1.82, 2.24) is 4.98 Å². The molecule has 0 aliphatic rings. The van der Waals surface area contributed by atoms with Crippen molar-refractivity contribution in [3.63, 3.8) is 0 Å². The standard InChI is InChI=1S/C10H15BrN2/c1-2-9(11)3-8-13-10-4-6-12-7-5-10/h4-7,9H,2-3,8H2,1H3,(H,12,13). The number of halogens is 1. The van der Waals surface area contributed by atoms with Crippen LogP contribution in [0.1, 0.15) is 19.8 Å². The molecule has 0 saturated heterocycles. The quantitative estimate of drug-likeness (QED) is 0.804. The first-order valence-corrected chi connectivity index (χ1v) is 5.52. The van der Waals surface area contributed by atoms with Gasteiger partial charge in [0.15, 0.2) is 0 Å². The maximum Gasteiger partial charge on any atom is 0.0371 e. The Kier molecular flexibility index (Phi) is 4.83. The van der Waals surface area contributed by atoms with Gasteiger partial charge in [0.05, 0.1) is 0 Å². The van der Waals surface area contributed by atoms with Gasteiger partial charge >= 0.3 is 0 Å². The molecule has 1 atom stereocenters. The van der Waals surface area contributed by atoms with Crippen LogP contribution in [0.5, 0.6) is 0 Å². The van der Waals surface area contributed by atoms with E-state index in [2.05, 4.69) is 33.2 Å². The fourth-order valence-corrected chi connectivity index (χ4v) is 1.28. The van der Waals surface area contributed by atoms with Crippen LogP contribution < -0.4 is 5.32 Å². The van der Waals surface area contributed by atoms with Gasteiger partial charge in [0, 0.05) is 29.5 Å². The Balaban J connectivity index is 2.20. The van der Waals surface area contributed by atoms with Crippen molar-refractivity contribution in [2.45, 2.75) is 24.6 Å². The van der Waals surface area contributed by atoms with Gasteiger partial charge in [0.1, 0.15) is 0 Å². The van der Waals surface area contributed by atoms with Crippen LogP contribution in [0.15, 0.2) is 24.5 Å². The molecule has 0 fully saturated rings. The number of pyridine rings is 1. The van der Waals surface area contributed by atoms with Crippen LogP contribution in [0.3, 0.4) is 0 Å². The summed E-state index contributed by atoms with van der Waals surface area (Å²) in [6.45, 7) is 3.19. The van der Waals surface area contributed by atoms with Gasteiger partial charge in [-0.1, -0.05) is 22.9 Å². The molecule has 1 heterocycles. The molecule has 0 aliphatic heterocycles. The van der Waals surface area contributed by atoms with Crippen molar-refractivity contribution >= 4 is 21.6 Å². The van der Waals surface area contributed by atoms with Crippen molar-refractivity contribution in [2.75, 3.05) is 11.9 Å². The Morgan fingerprint density at radius 3 is 2.77 bits per heavy atom. The van der Waals surface area contributed by atoms with Gasteiger partial charge < -0.3 is 5.32 Å². The van der Waals surface area contributed by atoms with Crippen molar-refractivity contribution in [2.24, 2.45) is 0 Å². The summed E-state index contributed by atoms with van der Waals surface area (Å²) in [7, 11) is 0. The average molecular weight is 243 g/mol. The fraction of sp³-hybridized carbons (Fsp3) is 0.500. The number of hydrogen-bond acceptors (Lipinski definition) is 2. The van der Waals surface area contributed by atoms with Crippen LogP contribution in [0.25, 0.3) is 0 Å². The van der Waals surface area contributed by atoms with E-state index < -0.39 is 0 Å². The maximum atomic E-state index is 3.96. The molecule has 1 rings (SSSR count). The molecule has 1 aromatic heterocycles. The lowest BCUT2D eigenvalue weighted by Gasteiger charge is -2.08. The van der Waals surface area contributed by atoms with E-state index in [4.69, 9.17) is 0 Å². The topological polar surface area (TPSA) is 24.9 Å². The third-order valence-corrected chi connectivity index (χ3v) is 3.02. The second-order valence-corrected chi connectivity index (χ2v) is 4.25. The zero-order valence-corrected chi connectivity index (χ0v) is 9.42. The largest absolute Gasteiger partial charge is 0.385 e. The highest BCUT2D eigenvalue weighted by molar-refractivity contribution is 9.09. The Bertz CT molecular complexity index is 226. The lowest BCUT2D eigenvalue weighted by Crippen LogP contribution is -2.07. The summed E-state index contributed by atoms with van der Waals surface area (Å²) in [6, 6.07) is 3.96. The molecule has 0 bridgehead atoms. The van der Waals surface area contributed by atoms with Gasteiger partial charge in [0.2, 0.25) is 0 Å². The van der Waals surface area contributed by atoms with Crippen LogP contribution in [-0.4, -0.2) is 16.4 Å². The lowest BCUT2D eigenvalue weighted by molar-refractivity contribution is 0.774. The Morgan fingerprint density at radius 2 is 2.15 bits per heavy atom. The van der Waals surface area contributed by atoms with Crippen molar-refractivity contribution in [3.05, 3.63) is 24.5 Å².